The molecule has 8 heteroatoms. The van der Waals surface area contributed by atoms with Gasteiger partial charge < -0.3 is 15.5 Å². The van der Waals surface area contributed by atoms with Gasteiger partial charge in [-0.05, 0) is 12.8 Å². The van der Waals surface area contributed by atoms with Gasteiger partial charge in [-0.1, -0.05) is 206 Å². The van der Waals surface area contributed by atoms with Gasteiger partial charge in [-0.2, -0.15) is 8.42 Å². The molecule has 0 fully saturated rings. The fraction of sp³-hybridized carbons (Fsp3) is 0.974. The molecule has 0 spiro atoms. The quantitative estimate of drug-likeness (QED) is 0.0380. The van der Waals surface area contributed by atoms with Crippen molar-refractivity contribution in [3.05, 3.63) is 0 Å². The Bertz CT molecular complexity index is 777. The lowest BCUT2D eigenvalue weighted by Crippen LogP contribution is -2.50. The Hall–Kier alpha value is -0.700. The van der Waals surface area contributed by atoms with Crippen molar-refractivity contribution in [2.45, 2.75) is 238 Å². The van der Waals surface area contributed by atoms with Crippen LogP contribution in [0.25, 0.3) is 0 Å². The van der Waals surface area contributed by atoms with E-state index in [2.05, 4.69) is 19.2 Å². The standard InChI is InChI=1S/C39H79NO6S/c1-3-5-7-9-11-13-15-17-19-21-23-25-27-29-31-33-37(41)36(35-47(44,45)46)40-39(43)38(42)34-32-30-28-26-24-22-20-18-16-14-12-10-8-6-4-2/h36-38,41-42H,3-35H2,1-2H3,(H,40,43)(H,44,45,46). The molecular weight excluding hydrogens is 610 g/mol. The Kier molecular flexibility index (Phi) is 33.3. The van der Waals surface area contributed by atoms with Crippen molar-refractivity contribution in [1.82, 2.24) is 5.32 Å². The highest BCUT2D eigenvalue weighted by Gasteiger charge is 2.28. The number of carbonyl (C=O) groups excluding carboxylic acids is 1. The highest BCUT2D eigenvalue weighted by Crippen LogP contribution is 2.17. The molecule has 0 aliphatic heterocycles. The van der Waals surface area contributed by atoms with Gasteiger partial charge >= 0.3 is 0 Å². The number of rotatable bonds is 37. The van der Waals surface area contributed by atoms with E-state index in [-0.39, 0.29) is 0 Å². The van der Waals surface area contributed by atoms with Gasteiger partial charge in [0.25, 0.3) is 10.1 Å². The number of carbonyl (C=O) groups is 1. The van der Waals surface area contributed by atoms with Crippen molar-refractivity contribution >= 4 is 16.0 Å². The summed E-state index contributed by atoms with van der Waals surface area (Å²) in [4.78, 5) is 12.6. The fourth-order valence-corrected chi connectivity index (χ4v) is 7.28. The van der Waals surface area contributed by atoms with Gasteiger partial charge in [0.2, 0.25) is 5.91 Å². The maximum atomic E-state index is 12.6. The van der Waals surface area contributed by atoms with Crippen LogP contribution in [0.3, 0.4) is 0 Å². The van der Waals surface area contributed by atoms with Gasteiger partial charge in [-0.15, -0.1) is 0 Å². The molecule has 4 N–H and O–H groups in total. The molecular formula is C39H79NO6S. The maximum Gasteiger partial charge on any atom is 0.266 e. The molecule has 0 rings (SSSR count). The molecule has 282 valence electrons. The second-order valence-electron chi connectivity index (χ2n) is 14.4. The molecule has 0 aromatic rings. The normalized spacial score (nSPS) is 13.9. The number of amides is 1. The van der Waals surface area contributed by atoms with E-state index in [1.54, 1.807) is 0 Å². The van der Waals surface area contributed by atoms with Crippen molar-refractivity contribution in [2.75, 3.05) is 5.75 Å². The largest absolute Gasteiger partial charge is 0.391 e. The van der Waals surface area contributed by atoms with Crippen molar-refractivity contribution in [3.8, 4) is 0 Å². The average molecular weight is 690 g/mol. The van der Waals surface area contributed by atoms with Crippen LogP contribution in [0.4, 0.5) is 0 Å². The minimum Gasteiger partial charge on any atom is -0.391 e. The molecule has 0 saturated heterocycles. The molecule has 0 heterocycles. The monoisotopic (exact) mass is 690 g/mol. The summed E-state index contributed by atoms with van der Waals surface area (Å²) in [5, 5.41) is 23.5. The summed E-state index contributed by atoms with van der Waals surface area (Å²) < 4.78 is 32.5. The first-order valence-corrected chi connectivity index (χ1v) is 21.9. The van der Waals surface area contributed by atoms with E-state index in [1.807, 2.05) is 0 Å². The van der Waals surface area contributed by atoms with Gasteiger partial charge in [-0.25, -0.2) is 0 Å². The van der Waals surface area contributed by atoms with E-state index in [0.717, 1.165) is 44.9 Å². The third-order valence-electron chi connectivity index (χ3n) is 9.67. The van der Waals surface area contributed by atoms with Crippen molar-refractivity contribution in [2.24, 2.45) is 0 Å². The fourth-order valence-electron chi connectivity index (χ4n) is 6.52. The highest BCUT2D eigenvalue weighted by atomic mass is 32.2. The van der Waals surface area contributed by atoms with Gasteiger partial charge in [0.05, 0.1) is 17.9 Å². The zero-order valence-electron chi connectivity index (χ0n) is 31.0. The summed E-state index contributed by atoms with van der Waals surface area (Å²) in [7, 11) is -4.40. The van der Waals surface area contributed by atoms with Gasteiger partial charge in [-0.3, -0.25) is 9.35 Å². The average Bonchev–Trinajstić information content (AvgIpc) is 3.03. The molecule has 47 heavy (non-hydrogen) atoms. The molecule has 3 atom stereocenters. The SMILES string of the molecule is CCCCCCCCCCCCCCCCCC(O)C(=O)NC(CS(=O)(=O)O)C(O)CCCCCCCCCCCCCCCCC. The number of hydrogen-bond acceptors (Lipinski definition) is 5. The van der Waals surface area contributed by atoms with Crippen LogP contribution in [0.15, 0.2) is 0 Å². The lowest BCUT2D eigenvalue weighted by molar-refractivity contribution is -0.131. The highest BCUT2D eigenvalue weighted by molar-refractivity contribution is 7.85. The van der Waals surface area contributed by atoms with Crippen molar-refractivity contribution in [1.29, 1.82) is 0 Å². The number of hydrogen-bond donors (Lipinski definition) is 4. The lowest BCUT2D eigenvalue weighted by atomic mass is 10.0. The van der Waals surface area contributed by atoms with Crippen LogP contribution < -0.4 is 5.32 Å². The summed E-state index contributed by atoms with van der Waals surface area (Å²) in [5.74, 6) is -1.44. The second-order valence-corrected chi connectivity index (χ2v) is 15.9. The summed E-state index contributed by atoms with van der Waals surface area (Å²) >= 11 is 0. The van der Waals surface area contributed by atoms with Crippen LogP contribution >= 0.6 is 0 Å². The minimum atomic E-state index is -4.40. The zero-order chi connectivity index (χ0) is 34.9. The van der Waals surface area contributed by atoms with Crippen molar-refractivity contribution < 1.29 is 28.0 Å². The van der Waals surface area contributed by atoms with E-state index in [9.17, 15) is 28.0 Å². The first-order valence-electron chi connectivity index (χ1n) is 20.3. The molecule has 7 nitrogen and oxygen atoms in total. The third kappa shape index (κ3) is 33.6. The van der Waals surface area contributed by atoms with Gasteiger partial charge in [0.15, 0.2) is 0 Å². The number of nitrogens with one attached hydrogen (secondary N) is 1. The predicted molar refractivity (Wildman–Crippen MR) is 199 cm³/mol. The first-order chi connectivity index (χ1) is 22.7. The third-order valence-corrected chi connectivity index (χ3v) is 10.4. The van der Waals surface area contributed by atoms with E-state index in [1.165, 1.54) is 148 Å². The van der Waals surface area contributed by atoms with Crippen LogP contribution in [0.5, 0.6) is 0 Å². The summed E-state index contributed by atoms with van der Waals surface area (Å²) in [6.45, 7) is 4.51. The molecule has 0 aromatic carbocycles. The van der Waals surface area contributed by atoms with Crippen LogP contribution in [0.1, 0.15) is 219 Å². The number of aliphatic hydroxyl groups is 2. The van der Waals surface area contributed by atoms with Crippen LogP contribution in [0, 0.1) is 0 Å². The molecule has 0 aromatic heterocycles. The van der Waals surface area contributed by atoms with E-state index >= 15 is 0 Å². The summed E-state index contributed by atoms with van der Waals surface area (Å²) in [6.07, 6.45) is 35.4. The number of unbranched alkanes of at least 4 members (excludes halogenated alkanes) is 28. The Morgan fingerprint density at radius 3 is 1.06 bits per heavy atom. The van der Waals surface area contributed by atoms with Crippen molar-refractivity contribution in [3.63, 3.8) is 0 Å². The van der Waals surface area contributed by atoms with E-state index in [0.29, 0.717) is 12.8 Å². The van der Waals surface area contributed by atoms with Gasteiger partial charge in [0.1, 0.15) is 6.10 Å². The molecule has 0 radical (unpaired) electrons. The van der Waals surface area contributed by atoms with Crippen LogP contribution in [-0.4, -0.2) is 53.1 Å². The maximum absolute atomic E-state index is 12.6. The van der Waals surface area contributed by atoms with Gasteiger partial charge in [0, 0.05) is 0 Å². The Morgan fingerprint density at radius 2 is 0.766 bits per heavy atom. The molecule has 0 saturated carbocycles. The van der Waals surface area contributed by atoms with E-state index < -0.39 is 40.0 Å². The smallest absolute Gasteiger partial charge is 0.266 e. The molecule has 0 aliphatic rings. The second kappa shape index (κ2) is 33.8. The topological polar surface area (TPSA) is 124 Å². The Labute approximate surface area is 292 Å². The zero-order valence-corrected chi connectivity index (χ0v) is 31.9. The van der Waals surface area contributed by atoms with Crippen LogP contribution in [0.2, 0.25) is 0 Å². The van der Waals surface area contributed by atoms with E-state index in [4.69, 9.17) is 0 Å². The molecule has 1 amide bonds. The molecule has 0 aliphatic carbocycles. The predicted octanol–water partition coefficient (Wildman–Crippen LogP) is 10.6. The molecule has 0 bridgehead atoms. The van der Waals surface area contributed by atoms with Crippen LogP contribution in [-0.2, 0) is 14.9 Å². The summed E-state index contributed by atoms with van der Waals surface area (Å²) in [5.41, 5.74) is 0. The summed E-state index contributed by atoms with van der Waals surface area (Å²) in [6, 6.07) is -1.14. The number of aliphatic hydroxyl groups excluding tert-OH is 2. The Morgan fingerprint density at radius 1 is 0.489 bits per heavy atom. The minimum absolute atomic E-state index is 0.303. The Balaban J connectivity index is 3.96. The first kappa shape index (κ1) is 46.3. The lowest BCUT2D eigenvalue weighted by Gasteiger charge is -2.24. The molecule has 3 unspecified atom stereocenters.